The fraction of sp³-hybridized carbons (Fsp3) is 0.167. The number of aromatic nitrogens is 1. The van der Waals surface area contributed by atoms with Crippen LogP contribution in [0, 0.1) is 0 Å². The summed E-state index contributed by atoms with van der Waals surface area (Å²) in [5.41, 5.74) is 6.37. The van der Waals surface area contributed by atoms with Crippen LogP contribution in [0.2, 0.25) is 0 Å². The van der Waals surface area contributed by atoms with Crippen LogP contribution in [0.15, 0.2) is 58.6 Å². The van der Waals surface area contributed by atoms with Gasteiger partial charge in [0.1, 0.15) is 5.84 Å². The van der Waals surface area contributed by atoms with Crippen molar-refractivity contribution in [2.45, 2.75) is 20.3 Å². The van der Waals surface area contributed by atoms with Gasteiger partial charge in [0, 0.05) is 6.21 Å². The minimum Gasteiger partial charge on any atom is -0.251 e. The van der Waals surface area contributed by atoms with Crippen molar-refractivity contribution in [3.05, 3.63) is 59.7 Å². The molecular weight excluding hydrogens is 304 g/mol. The van der Waals surface area contributed by atoms with E-state index in [0.717, 1.165) is 27.3 Å². The number of thiazole rings is 1. The van der Waals surface area contributed by atoms with Crippen LogP contribution in [-0.2, 0) is 6.42 Å². The number of nitrogens with one attached hydrogen (secondary N) is 1. The number of amidine groups is 1. The van der Waals surface area contributed by atoms with Gasteiger partial charge in [0.05, 0.1) is 10.2 Å². The zero-order chi connectivity index (χ0) is 16.1. The molecule has 0 aliphatic heterocycles. The fourth-order valence-electron chi connectivity index (χ4n) is 2.22. The van der Waals surface area contributed by atoms with Gasteiger partial charge in [-0.05, 0) is 36.6 Å². The van der Waals surface area contributed by atoms with Crippen molar-refractivity contribution < 1.29 is 0 Å². The average Bonchev–Trinajstić information content (AvgIpc) is 3.01. The molecule has 0 saturated carbocycles. The molecule has 0 amide bonds. The molecule has 0 aliphatic carbocycles. The average molecular weight is 322 g/mol. The van der Waals surface area contributed by atoms with Crippen molar-refractivity contribution in [2.75, 3.05) is 5.43 Å². The van der Waals surface area contributed by atoms with Gasteiger partial charge in [-0.15, -0.1) is 0 Å². The molecule has 0 fully saturated rings. The van der Waals surface area contributed by atoms with Crippen LogP contribution in [0.25, 0.3) is 10.2 Å². The second-order valence-electron chi connectivity index (χ2n) is 5.07. The Balaban J connectivity index is 1.71. The monoisotopic (exact) mass is 322 g/mol. The van der Waals surface area contributed by atoms with Gasteiger partial charge in [0.2, 0.25) is 5.13 Å². The number of hydrogen-bond acceptors (Lipinski definition) is 4. The zero-order valence-electron chi connectivity index (χ0n) is 13.2. The number of para-hydroxylation sites is 1. The summed E-state index contributed by atoms with van der Waals surface area (Å²) in [6.45, 7) is 4.01. The van der Waals surface area contributed by atoms with Gasteiger partial charge in [-0.1, -0.05) is 54.7 Å². The summed E-state index contributed by atoms with van der Waals surface area (Å²) in [6, 6.07) is 16.3. The van der Waals surface area contributed by atoms with E-state index < -0.39 is 0 Å². The number of hydrogen-bond donors (Lipinski definition) is 1. The molecule has 5 heteroatoms. The molecule has 0 unspecified atom stereocenters. The highest BCUT2D eigenvalue weighted by molar-refractivity contribution is 7.22. The molecule has 23 heavy (non-hydrogen) atoms. The van der Waals surface area contributed by atoms with Crippen molar-refractivity contribution in [2.24, 2.45) is 10.1 Å². The Labute approximate surface area is 139 Å². The van der Waals surface area contributed by atoms with E-state index in [1.54, 1.807) is 11.3 Å². The minimum absolute atomic E-state index is 0.662. The van der Waals surface area contributed by atoms with E-state index in [0.29, 0.717) is 5.84 Å². The maximum Gasteiger partial charge on any atom is 0.204 e. The minimum atomic E-state index is 0.662. The molecule has 1 N–H and O–H groups in total. The van der Waals surface area contributed by atoms with E-state index in [1.165, 1.54) is 5.56 Å². The molecule has 0 saturated heterocycles. The first-order valence-corrected chi connectivity index (χ1v) is 8.36. The number of nitrogens with zero attached hydrogens (tertiary/aromatic N) is 3. The van der Waals surface area contributed by atoms with E-state index >= 15 is 0 Å². The van der Waals surface area contributed by atoms with Crippen LogP contribution in [-0.4, -0.2) is 17.0 Å². The van der Waals surface area contributed by atoms with E-state index in [1.807, 2.05) is 43.5 Å². The molecule has 0 atom stereocenters. The molecule has 0 bridgehead atoms. The zero-order valence-corrected chi connectivity index (χ0v) is 14.0. The van der Waals surface area contributed by atoms with Gasteiger partial charge in [0.15, 0.2) is 0 Å². The summed E-state index contributed by atoms with van der Waals surface area (Å²) in [6.07, 6.45) is 2.85. The smallest absolute Gasteiger partial charge is 0.204 e. The van der Waals surface area contributed by atoms with Crippen molar-refractivity contribution in [3.63, 3.8) is 0 Å². The Kier molecular flexibility index (Phi) is 4.78. The van der Waals surface area contributed by atoms with E-state index in [2.05, 4.69) is 45.6 Å². The lowest BCUT2D eigenvalue weighted by Crippen LogP contribution is -1.96. The van der Waals surface area contributed by atoms with Crippen LogP contribution in [0.3, 0.4) is 0 Å². The van der Waals surface area contributed by atoms with Gasteiger partial charge in [-0.2, -0.15) is 5.10 Å². The predicted octanol–water partition coefficient (Wildman–Crippen LogP) is 4.72. The Bertz CT molecular complexity index is 831. The van der Waals surface area contributed by atoms with E-state index in [9.17, 15) is 0 Å². The lowest BCUT2D eigenvalue weighted by Gasteiger charge is -2.01. The molecular formula is C18H18N4S. The van der Waals surface area contributed by atoms with Crippen molar-refractivity contribution in [3.8, 4) is 0 Å². The van der Waals surface area contributed by atoms with Gasteiger partial charge in [-0.3, -0.25) is 5.43 Å². The lowest BCUT2D eigenvalue weighted by molar-refractivity contribution is 1.13. The predicted molar refractivity (Wildman–Crippen MR) is 99.8 cm³/mol. The summed E-state index contributed by atoms with van der Waals surface area (Å²) in [7, 11) is 0. The molecule has 1 heterocycles. The van der Waals surface area contributed by atoms with Crippen LogP contribution in [0.5, 0.6) is 0 Å². The molecule has 116 valence electrons. The Hall–Kier alpha value is -2.53. The number of rotatable bonds is 4. The highest BCUT2D eigenvalue weighted by Gasteiger charge is 2.01. The summed E-state index contributed by atoms with van der Waals surface area (Å²) in [5, 5.41) is 5.05. The second-order valence-corrected chi connectivity index (χ2v) is 6.10. The summed E-state index contributed by atoms with van der Waals surface area (Å²) in [5.74, 6) is 0.662. The van der Waals surface area contributed by atoms with E-state index in [4.69, 9.17) is 0 Å². The van der Waals surface area contributed by atoms with Crippen molar-refractivity contribution in [1.29, 1.82) is 0 Å². The van der Waals surface area contributed by atoms with Crippen LogP contribution >= 0.6 is 11.3 Å². The van der Waals surface area contributed by atoms with Crippen molar-refractivity contribution in [1.82, 2.24) is 4.98 Å². The first-order valence-electron chi connectivity index (χ1n) is 7.54. The quantitative estimate of drug-likeness (QED) is 0.429. The number of aliphatic imine (C=N–C) groups is 1. The number of fused-ring (bicyclic) bond motifs is 1. The molecule has 3 rings (SSSR count). The Morgan fingerprint density at radius 1 is 1.17 bits per heavy atom. The largest absolute Gasteiger partial charge is 0.251 e. The standard InChI is InChI=1S/C18H18N4S/c1-3-14-8-4-5-9-15(14)12-19-13(2)21-22-18-20-16-10-6-7-11-17(16)23-18/h4-12H,3H2,1-2H3,(H,20,22)/b19-12+,21-13-. The molecule has 1 aromatic heterocycles. The van der Waals surface area contributed by atoms with Crippen LogP contribution < -0.4 is 5.43 Å². The SMILES string of the molecule is CCc1ccccc1/C=N/C(C)=N\Nc1nc2ccccc2s1. The van der Waals surface area contributed by atoms with Gasteiger partial charge in [0.25, 0.3) is 0 Å². The Morgan fingerprint density at radius 3 is 2.78 bits per heavy atom. The third-order valence-corrected chi connectivity index (χ3v) is 4.37. The van der Waals surface area contributed by atoms with Crippen LogP contribution in [0.4, 0.5) is 5.13 Å². The van der Waals surface area contributed by atoms with Gasteiger partial charge >= 0.3 is 0 Å². The number of aryl methyl sites for hydroxylation is 1. The van der Waals surface area contributed by atoms with Crippen LogP contribution in [0.1, 0.15) is 25.0 Å². The normalized spacial score (nSPS) is 12.2. The number of benzene rings is 2. The first-order chi connectivity index (χ1) is 11.3. The van der Waals surface area contributed by atoms with E-state index in [-0.39, 0.29) is 0 Å². The molecule has 0 radical (unpaired) electrons. The summed E-state index contributed by atoms with van der Waals surface area (Å²) >= 11 is 1.58. The summed E-state index contributed by atoms with van der Waals surface area (Å²) in [4.78, 5) is 8.89. The van der Waals surface area contributed by atoms with Crippen molar-refractivity contribution >= 4 is 38.7 Å². The third-order valence-electron chi connectivity index (χ3n) is 3.43. The maximum absolute atomic E-state index is 4.48. The summed E-state index contributed by atoms with van der Waals surface area (Å²) < 4.78 is 1.14. The molecule has 3 aromatic rings. The Morgan fingerprint density at radius 2 is 1.96 bits per heavy atom. The fourth-order valence-corrected chi connectivity index (χ4v) is 3.03. The lowest BCUT2D eigenvalue weighted by atomic mass is 10.1. The molecule has 0 spiro atoms. The first kappa shape index (κ1) is 15.4. The second kappa shape index (κ2) is 7.15. The highest BCUT2D eigenvalue weighted by Crippen LogP contribution is 2.25. The van der Waals surface area contributed by atoms with Gasteiger partial charge in [-0.25, -0.2) is 9.98 Å². The third kappa shape index (κ3) is 3.81. The van der Waals surface area contributed by atoms with Gasteiger partial charge < -0.3 is 0 Å². The maximum atomic E-state index is 4.48. The number of hydrazone groups is 1. The highest BCUT2D eigenvalue weighted by atomic mass is 32.1. The number of anilines is 1. The molecule has 0 aliphatic rings. The molecule has 2 aromatic carbocycles. The molecule has 4 nitrogen and oxygen atoms in total. The topological polar surface area (TPSA) is 49.6 Å².